The van der Waals surface area contributed by atoms with E-state index in [2.05, 4.69) is 10.2 Å². The molecule has 1 N–H and O–H groups in total. The Morgan fingerprint density at radius 2 is 1.77 bits per heavy atom. The third-order valence-electron chi connectivity index (χ3n) is 4.53. The maximum absolute atomic E-state index is 13.8. The van der Waals surface area contributed by atoms with E-state index in [0.29, 0.717) is 49.5 Å². The second kappa shape index (κ2) is 8.10. The van der Waals surface area contributed by atoms with Gasteiger partial charge in [0.05, 0.1) is 0 Å². The number of nitrogens with zero attached hydrogens (tertiary/aromatic N) is 2. The van der Waals surface area contributed by atoms with Crippen molar-refractivity contribution in [1.82, 2.24) is 9.80 Å². The zero-order valence-electron chi connectivity index (χ0n) is 14.7. The molecule has 0 unspecified atom stereocenters. The first-order valence-electron chi connectivity index (χ1n) is 8.65. The molecule has 3 rings (SSSR count). The lowest BCUT2D eigenvalue weighted by molar-refractivity contribution is 0.101. The summed E-state index contributed by atoms with van der Waals surface area (Å²) in [4.78, 5) is 27.7. The number of ketones is 1. The van der Waals surface area contributed by atoms with E-state index in [4.69, 9.17) is 0 Å². The van der Waals surface area contributed by atoms with E-state index in [-0.39, 0.29) is 17.6 Å². The number of nitrogens with one attached hydrogen (secondary N) is 1. The number of halogens is 1. The summed E-state index contributed by atoms with van der Waals surface area (Å²) in [7, 11) is 0. The first-order chi connectivity index (χ1) is 12.5. The Morgan fingerprint density at radius 1 is 1.04 bits per heavy atom. The third kappa shape index (κ3) is 4.46. The van der Waals surface area contributed by atoms with Gasteiger partial charge < -0.3 is 10.2 Å². The fourth-order valence-electron chi connectivity index (χ4n) is 3.00. The first kappa shape index (κ1) is 18.1. The zero-order chi connectivity index (χ0) is 18.5. The average Bonchev–Trinajstić information content (AvgIpc) is 2.64. The van der Waals surface area contributed by atoms with Gasteiger partial charge in [0, 0.05) is 49.5 Å². The maximum atomic E-state index is 13.8. The molecule has 0 bridgehead atoms. The summed E-state index contributed by atoms with van der Waals surface area (Å²) in [5.74, 6) is -0.235. The molecule has 1 heterocycles. The molecule has 1 saturated heterocycles. The number of piperazine rings is 1. The van der Waals surface area contributed by atoms with Crippen LogP contribution in [0.2, 0.25) is 0 Å². The third-order valence-corrected chi connectivity index (χ3v) is 4.53. The number of benzene rings is 2. The van der Waals surface area contributed by atoms with Crippen molar-refractivity contribution in [3.8, 4) is 0 Å². The first-order valence-corrected chi connectivity index (χ1v) is 8.65. The van der Waals surface area contributed by atoms with Crippen LogP contribution < -0.4 is 5.32 Å². The van der Waals surface area contributed by atoms with E-state index in [1.165, 1.54) is 13.0 Å². The fourth-order valence-corrected chi connectivity index (χ4v) is 3.00. The van der Waals surface area contributed by atoms with Crippen molar-refractivity contribution in [2.45, 2.75) is 13.5 Å². The molecule has 136 valence electrons. The second-order valence-electron chi connectivity index (χ2n) is 6.42. The Hall–Kier alpha value is -2.73. The van der Waals surface area contributed by atoms with Gasteiger partial charge in [0.15, 0.2) is 5.78 Å². The highest BCUT2D eigenvalue weighted by atomic mass is 19.1. The molecule has 5 nitrogen and oxygen atoms in total. The Kier molecular flexibility index (Phi) is 5.63. The number of hydrogen-bond acceptors (Lipinski definition) is 3. The van der Waals surface area contributed by atoms with Gasteiger partial charge in [0.1, 0.15) is 5.82 Å². The molecule has 2 amide bonds. The predicted octanol–water partition coefficient (Wildman–Crippen LogP) is 3.38. The number of anilines is 1. The van der Waals surface area contributed by atoms with Gasteiger partial charge in [-0.25, -0.2) is 9.18 Å². The largest absolute Gasteiger partial charge is 0.322 e. The number of carbonyl (C=O) groups is 2. The second-order valence-corrected chi connectivity index (χ2v) is 6.42. The standard InChI is InChI=1S/C20H22FN3O2/c1-15(25)16-6-4-7-18(13-16)22-20(26)24-11-9-23(10-12-24)14-17-5-2-3-8-19(17)21/h2-8,13H,9-12,14H2,1H3,(H,22,26). The molecule has 0 atom stereocenters. The van der Waals surface area contributed by atoms with Crippen molar-refractivity contribution in [3.05, 3.63) is 65.5 Å². The number of urea groups is 1. The lowest BCUT2D eigenvalue weighted by Crippen LogP contribution is -2.49. The van der Waals surface area contributed by atoms with Gasteiger partial charge in [-0.2, -0.15) is 0 Å². The van der Waals surface area contributed by atoms with Crippen LogP contribution >= 0.6 is 0 Å². The molecule has 1 aliphatic rings. The maximum Gasteiger partial charge on any atom is 0.321 e. The van der Waals surface area contributed by atoms with Crippen molar-refractivity contribution in [2.75, 3.05) is 31.5 Å². The quantitative estimate of drug-likeness (QED) is 0.856. The van der Waals surface area contributed by atoms with Gasteiger partial charge in [0.25, 0.3) is 0 Å². The topological polar surface area (TPSA) is 52.7 Å². The Morgan fingerprint density at radius 3 is 2.46 bits per heavy atom. The van der Waals surface area contributed by atoms with Crippen LogP contribution in [0, 0.1) is 5.82 Å². The Labute approximate surface area is 152 Å². The van der Waals surface area contributed by atoms with E-state index < -0.39 is 0 Å². The highest BCUT2D eigenvalue weighted by Gasteiger charge is 2.21. The Bertz CT molecular complexity index is 801. The lowest BCUT2D eigenvalue weighted by Gasteiger charge is -2.34. The summed E-state index contributed by atoms with van der Waals surface area (Å²) >= 11 is 0. The van der Waals surface area contributed by atoms with Crippen molar-refractivity contribution in [2.24, 2.45) is 0 Å². The van der Waals surface area contributed by atoms with Crippen LogP contribution in [0.5, 0.6) is 0 Å². The average molecular weight is 355 g/mol. The van der Waals surface area contributed by atoms with Crippen LogP contribution in [-0.4, -0.2) is 47.8 Å². The SMILES string of the molecule is CC(=O)c1cccc(NC(=O)N2CCN(Cc3ccccc3F)CC2)c1. The number of amides is 2. The number of hydrogen-bond donors (Lipinski definition) is 1. The molecule has 0 aromatic heterocycles. The fraction of sp³-hybridized carbons (Fsp3) is 0.300. The van der Waals surface area contributed by atoms with Gasteiger partial charge in [0.2, 0.25) is 0 Å². The van der Waals surface area contributed by atoms with Gasteiger partial charge in [-0.3, -0.25) is 9.69 Å². The molecule has 1 aliphatic heterocycles. The van der Waals surface area contributed by atoms with E-state index in [9.17, 15) is 14.0 Å². The molecule has 0 saturated carbocycles. The monoisotopic (exact) mass is 355 g/mol. The molecular weight excluding hydrogens is 333 g/mol. The van der Waals surface area contributed by atoms with Crippen molar-refractivity contribution in [3.63, 3.8) is 0 Å². The zero-order valence-corrected chi connectivity index (χ0v) is 14.7. The lowest BCUT2D eigenvalue weighted by atomic mass is 10.1. The molecule has 0 radical (unpaired) electrons. The molecule has 26 heavy (non-hydrogen) atoms. The minimum absolute atomic E-state index is 0.0390. The summed E-state index contributed by atoms with van der Waals surface area (Å²) in [6.07, 6.45) is 0. The highest BCUT2D eigenvalue weighted by Crippen LogP contribution is 2.15. The van der Waals surface area contributed by atoms with Gasteiger partial charge in [-0.05, 0) is 25.1 Å². The number of carbonyl (C=O) groups excluding carboxylic acids is 2. The summed E-state index contributed by atoms with van der Waals surface area (Å²) < 4.78 is 13.8. The highest BCUT2D eigenvalue weighted by molar-refractivity contribution is 5.96. The van der Waals surface area contributed by atoms with Crippen LogP contribution in [0.15, 0.2) is 48.5 Å². The van der Waals surface area contributed by atoms with E-state index in [1.807, 2.05) is 6.07 Å². The van der Waals surface area contributed by atoms with Gasteiger partial charge in [-0.15, -0.1) is 0 Å². The molecule has 0 spiro atoms. The smallest absolute Gasteiger partial charge is 0.321 e. The van der Waals surface area contributed by atoms with Gasteiger partial charge >= 0.3 is 6.03 Å². The molecule has 1 fully saturated rings. The minimum Gasteiger partial charge on any atom is -0.322 e. The minimum atomic E-state index is -0.196. The molecule has 6 heteroatoms. The van der Waals surface area contributed by atoms with Crippen LogP contribution in [0.25, 0.3) is 0 Å². The normalized spacial score (nSPS) is 14.9. The summed E-state index contributed by atoms with van der Waals surface area (Å²) in [6, 6.07) is 13.5. The van der Waals surface area contributed by atoms with Crippen LogP contribution in [0.4, 0.5) is 14.9 Å². The van der Waals surface area contributed by atoms with Crippen LogP contribution in [0.3, 0.4) is 0 Å². The van der Waals surface area contributed by atoms with Crippen LogP contribution in [0.1, 0.15) is 22.8 Å². The molecule has 2 aromatic rings. The Balaban J connectivity index is 1.53. The summed E-state index contributed by atoms with van der Waals surface area (Å²) in [5.41, 5.74) is 1.85. The van der Waals surface area contributed by atoms with Crippen molar-refractivity contribution in [1.29, 1.82) is 0 Å². The summed E-state index contributed by atoms with van der Waals surface area (Å²) in [6.45, 7) is 4.57. The van der Waals surface area contributed by atoms with Crippen molar-refractivity contribution < 1.29 is 14.0 Å². The molecular formula is C20H22FN3O2. The summed E-state index contributed by atoms with van der Waals surface area (Å²) in [5, 5.41) is 2.84. The molecule has 0 aliphatic carbocycles. The van der Waals surface area contributed by atoms with E-state index >= 15 is 0 Å². The number of Topliss-reactive ketones (excluding diaryl/α,β-unsaturated/α-hetero) is 1. The van der Waals surface area contributed by atoms with Crippen molar-refractivity contribution >= 4 is 17.5 Å². The van der Waals surface area contributed by atoms with E-state index in [1.54, 1.807) is 41.3 Å². The van der Waals surface area contributed by atoms with Crippen LogP contribution in [-0.2, 0) is 6.54 Å². The van der Waals surface area contributed by atoms with E-state index in [0.717, 1.165) is 0 Å². The molecule has 2 aromatic carbocycles. The number of rotatable bonds is 4. The van der Waals surface area contributed by atoms with Gasteiger partial charge in [-0.1, -0.05) is 30.3 Å². The predicted molar refractivity (Wildman–Crippen MR) is 98.7 cm³/mol.